The molecule has 0 radical (unpaired) electrons. The van der Waals surface area contributed by atoms with Gasteiger partial charge in [-0.15, -0.1) is 0 Å². The molecule has 1 aliphatic carbocycles. The summed E-state index contributed by atoms with van der Waals surface area (Å²) in [6.45, 7) is 0. The van der Waals surface area contributed by atoms with E-state index in [1.165, 1.54) is 0 Å². The molecule has 1 aromatic heterocycles. The first-order valence-electron chi connectivity index (χ1n) is 10.3. The fourth-order valence-electron chi connectivity index (χ4n) is 3.97. The van der Waals surface area contributed by atoms with Crippen LogP contribution in [0.25, 0.3) is 22.9 Å². The second-order valence-electron chi connectivity index (χ2n) is 7.66. The van der Waals surface area contributed by atoms with Gasteiger partial charge >= 0.3 is 0 Å². The highest BCUT2D eigenvalue weighted by Crippen LogP contribution is 2.29. The summed E-state index contributed by atoms with van der Waals surface area (Å²) in [5, 5.41) is 6.60. The van der Waals surface area contributed by atoms with Gasteiger partial charge in [-0.05, 0) is 48.1 Å². The Bertz CT molecular complexity index is 1070. The number of hydrogen-bond donors (Lipinski definition) is 3. The minimum Gasteiger partial charge on any atom is -0.370 e. The predicted octanol–water partition coefficient (Wildman–Crippen LogP) is 5.06. The summed E-state index contributed by atoms with van der Waals surface area (Å²) < 4.78 is 0. The van der Waals surface area contributed by atoms with Crippen molar-refractivity contribution in [3.05, 3.63) is 70.9 Å². The molecule has 2 aromatic carbocycles. The number of nitrogens with two attached hydrogens (primary N) is 2. The van der Waals surface area contributed by atoms with E-state index < -0.39 is 0 Å². The first-order chi connectivity index (χ1) is 14.6. The van der Waals surface area contributed by atoms with E-state index in [2.05, 4.69) is 28.5 Å². The molecule has 0 amide bonds. The van der Waals surface area contributed by atoms with Crippen LogP contribution in [-0.4, -0.2) is 23.0 Å². The van der Waals surface area contributed by atoms with Crippen LogP contribution in [0, 0.1) is 0 Å². The Morgan fingerprint density at radius 1 is 1.03 bits per heavy atom. The van der Waals surface area contributed by atoms with Crippen LogP contribution in [0.3, 0.4) is 0 Å². The van der Waals surface area contributed by atoms with E-state index >= 15 is 0 Å². The van der Waals surface area contributed by atoms with E-state index in [-0.39, 0.29) is 18.0 Å². The number of pyridine rings is 1. The fourth-order valence-corrected chi connectivity index (χ4v) is 4.10. The maximum Gasteiger partial charge on any atom is 0.186 e. The van der Waals surface area contributed by atoms with Crippen LogP contribution in [0.15, 0.2) is 59.6 Å². The molecule has 1 saturated carbocycles. The molecule has 0 unspecified atom stereocenters. The van der Waals surface area contributed by atoms with E-state index in [1.807, 2.05) is 48.6 Å². The number of aromatic nitrogens is 1. The van der Waals surface area contributed by atoms with Crippen LogP contribution < -0.4 is 16.8 Å². The molecule has 0 bridgehead atoms. The standard InChI is InChI=1S/C24H26ClN5/c25-18-12-9-16(10-13-18)11-14-19-15-17-5-1-2-6-20(17)23(28-19)29-21-7-3-4-8-22(21)30-24(26)27/h1-2,5-6,9-15,21-22H,3-4,7-8H2,(H,28,29)(H4,26,27,30)/t21-,22+/m0/s1. The number of halogens is 1. The Labute approximate surface area is 181 Å². The van der Waals surface area contributed by atoms with Gasteiger partial charge in [0, 0.05) is 10.4 Å². The van der Waals surface area contributed by atoms with Crippen molar-refractivity contribution in [2.75, 3.05) is 5.32 Å². The molecular formula is C24H26ClN5. The summed E-state index contributed by atoms with van der Waals surface area (Å²) in [6.07, 6.45) is 8.35. The van der Waals surface area contributed by atoms with Crippen LogP contribution in [0.4, 0.5) is 5.82 Å². The highest BCUT2D eigenvalue weighted by molar-refractivity contribution is 6.30. The summed E-state index contributed by atoms with van der Waals surface area (Å²) in [7, 11) is 0. The summed E-state index contributed by atoms with van der Waals surface area (Å²) in [6, 6.07) is 18.3. The molecule has 0 aliphatic heterocycles. The minimum atomic E-state index is 0.0672. The van der Waals surface area contributed by atoms with Crippen molar-refractivity contribution in [1.29, 1.82) is 0 Å². The van der Waals surface area contributed by atoms with Gasteiger partial charge in [-0.3, -0.25) is 0 Å². The second kappa shape index (κ2) is 9.18. The molecule has 1 fully saturated rings. The minimum absolute atomic E-state index is 0.0672. The van der Waals surface area contributed by atoms with Gasteiger partial charge in [0.2, 0.25) is 0 Å². The lowest BCUT2D eigenvalue weighted by Gasteiger charge is -2.30. The number of aliphatic imine (C=N–C) groups is 1. The number of guanidine groups is 1. The molecule has 1 aliphatic rings. The zero-order valence-electron chi connectivity index (χ0n) is 16.8. The Morgan fingerprint density at radius 2 is 1.80 bits per heavy atom. The molecule has 5 nitrogen and oxygen atoms in total. The van der Waals surface area contributed by atoms with Gasteiger partial charge in [-0.2, -0.15) is 0 Å². The monoisotopic (exact) mass is 419 g/mol. The largest absolute Gasteiger partial charge is 0.370 e. The van der Waals surface area contributed by atoms with Gasteiger partial charge in [0.15, 0.2) is 5.96 Å². The Morgan fingerprint density at radius 3 is 2.60 bits per heavy atom. The lowest BCUT2D eigenvalue weighted by molar-refractivity contribution is 0.405. The van der Waals surface area contributed by atoms with E-state index in [1.54, 1.807) is 0 Å². The third kappa shape index (κ3) is 4.92. The summed E-state index contributed by atoms with van der Waals surface area (Å²) in [5.74, 6) is 1.01. The number of hydrogen-bond acceptors (Lipinski definition) is 3. The van der Waals surface area contributed by atoms with Gasteiger partial charge < -0.3 is 16.8 Å². The van der Waals surface area contributed by atoms with Crippen molar-refractivity contribution in [3.63, 3.8) is 0 Å². The Balaban J connectivity index is 1.66. The quantitative estimate of drug-likeness (QED) is 0.398. The van der Waals surface area contributed by atoms with Crippen molar-refractivity contribution < 1.29 is 0 Å². The number of nitrogens with one attached hydrogen (secondary N) is 1. The SMILES string of the molecule is NC(N)=N[C@@H]1CCCC[C@@H]1Nc1nc(C=Cc2ccc(Cl)cc2)cc2ccccc12. The van der Waals surface area contributed by atoms with E-state index in [4.69, 9.17) is 28.1 Å². The number of rotatable bonds is 5. The number of fused-ring (bicyclic) bond motifs is 1. The van der Waals surface area contributed by atoms with Crippen molar-refractivity contribution >= 4 is 46.3 Å². The van der Waals surface area contributed by atoms with Crippen molar-refractivity contribution in [2.24, 2.45) is 16.5 Å². The van der Waals surface area contributed by atoms with Crippen LogP contribution in [0.5, 0.6) is 0 Å². The number of anilines is 1. The molecule has 3 aromatic rings. The van der Waals surface area contributed by atoms with Gasteiger partial charge in [0.05, 0.1) is 17.8 Å². The molecule has 0 spiro atoms. The molecule has 1 heterocycles. The third-order valence-corrected chi connectivity index (χ3v) is 5.70. The molecule has 4 rings (SSSR count). The average molecular weight is 420 g/mol. The number of nitrogens with zero attached hydrogens (tertiary/aromatic N) is 2. The van der Waals surface area contributed by atoms with Crippen LogP contribution in [0.1, 0.15) is 36.9 Å². The molecule has 2 atom stereocenters. The predicted molar refractivity (Wildman–Crippen MR) is 128 cm³/mol. The third-order valence-electron chi connectivity index (χ3n) is 5.44. The average Bonchev–Trinajstić information content (AvgIpc) is 2.74. The zero-order chi connectivity index (χ0) is 20.9. The molecule has 154 valence electrons. The van der Waals surface area contributed by atoms with E-state index in [9.17, 15) is 0 Å². The summed E-state index contributed by atoms with van der Waals surface area (Å²) in [5.41, 5.74) is 13.3. The fraction of sp³-hybridized carbons (Fsp3) is 0.250. The summed E-state index contributed by atoms with van der Waals surface area (Å²) in [4.78, 5) is 9.36. The molecule has 5 N–H and O–H groups in total. The van der Waals surface area contributed by atoms with Crippen molar-refractivity contribution in [1.82, 2.24) is 4.98 Å². The molecule has 30 heavy (non-hydrogen) atoms. The van der Waals surface area contributed by atoms with E-state index in [0.29, 0.717) is 0 Å². The van der Waals surface area contributed by atoms with Crippen LogP contribution in [-0.2, 0) is 0 Å². The second-order valence-corrected chi connectivity index (χ2v) is 8.09. The smallest absolute Gasteiger partial charge is 0.186 e. The van der Waals surface area contributed by atoms with Gasteiger partial charge in [-0.1, -0.05) is 66.9 Å². The maximum atomic E-state index is 5.98. The molecule has 0 saturated heterocycles. The Kier molecular flexibility index (Phi) is 6.19. The van der Waals surface area contributed by atoms with Crippen molar-refractivity contribution in [2.45, 2.75) is 37.8 Å². The van der Waals surface area contributed by atoms with Crippen LogP contribution in [0.2, 0.25) is 5.02 Å². The van der Waals surface area contributed by atoms with E-state index in [0.717, 1.165) is 58.6 Å². The Hall–Kier alpha value is -3.05. The van der Waals surface area contributed by atoms with Crippen molar-refractivity contribution in [3.8, 4) is 0 Å². The first kappa shape index (κ1) is 20.2. The zero-order valence-corrected chi connectivity index (χ0v) is 17.5. The lowest BCUT2D eigenvalue weighted by atomic mass is 9.90. The first-order valence-corrected chi connectivity index (χ1v) is 10.6. The van der Waals surface area contributed by atoms with Crippen LogP contribution >= 0.6 is 11.6 Å². The molecule has 6 heteroatoms. The normalized spacial score (nSPS) is 19.1. The highest BCUT2D eigenvalue weighted by Gasteiger charge is 2.25. The van der Waals surface area contributed by atoms with Gasteiger partial charge in [0.25, 0.3) is 0 Å². The summed E-state index contributed by atoms with van der Waals surface area (Å²) >= 11 is 5.98. The number of benzene rings is 2. The molecular weight excluding hydrogens is 394 g/mol. The topological polar surface area (TPSA) is 89.3 Å². The van der Waals surface area contributed by atoms with Gasteiger partial charge in [0.1, 0.15) is 5.82 Å². The van der Waals surface area contributed by atoms with Gasteiger partial charge in [-0.25, -0.2) is 9.98 Å². The maximum absolute atomic E-state index is 5.98. The lowest BCUT2D eigenvalue weighted by Crippen LogP contribution is -2.38. The highest BCUT2D eigenvalue weighted by atomic mass is 35.5.